The molecule has 8 heteroatoms. The molecular weight excluding hydrogens is 731 g/mol. The van der Waals surface area contributed by atoms with Crippen LogP contribution in [0.25, 0.3) is 45.1 Å². The maximum atomic E-state index is 7.14. The van der Waals surface area contributed by atoms with E-state index in [2.05, 4.69) is 101 Å². The predicted octanol–water partition coefficient (Wildman–Crippen LogP) is 14.0. The maximum absolute atomic E-state index is 7.14. The van der Waals surface area contributed by atoms with E-state index in [0.717, 1.165) is 57.4 Å². The summed E-state index contributed by atoms with van der Waals surface area (Å²) in [7, 11) is 0. The molecule has 12 rings (SSSR count). The number of oxazole rings is 2. The molecule has 1 atom stereocenters. The summed E-state index contributed by atoms with van der Waals surface area (Å²) in [6.45, 7) is 2.27. The number of ether oxygens (including phenoxy) is 1. The van der Waals surface area contributed by atoms with Gasteiger partial charge in [0, 0.05) is 22.5 Å². The highest BCUT2D eigenvalue weighted by Gasteiger charge is 2.40. The second-order valence-corrected chi connectivity index (χ2v) is 15.1. The van der Waals surface area contributed by atoms with Crippen molar-refractivity contribution >= 4 is 62.0 Å². The van der Waals surface area contributed by atoms with Crippen LogP contribution in [0.4, 0.5) is 39.8 Å². The lowest BCUT2D eigenvalue weighted by atomic mass is 9.93. The molecular formula is C51H35N5O3. The molecule has 0 saturated heterocycles. The Morgan fingerprint density at radius 3 is 1.51 bits per heavy atom. The van der Waals surface area contributed by atoms with Crippen molar-refractivity contribution in [2.45, 2.75) is 13.3 Å². The van der Waals surface area contributed by atoms with Gasteiger partial charge in [0.15, 0.2) is 22.7 Å². The predicted molar refractivity (Wildman–Crippen MR) is 234 cm³/mol. The first-order chi connectivity index (χ1) is 29.2. The van der Waals surface area contributed by atoms with E-state index in [1.807, 2.05) is 97.1 Å². The Bertz CT molecular complexity index is 3010. The van der Waals surface area contributed by atoms with E-state index in [9.17, 15) is 0 Å². The lowest BCUT2D eigenvalue weighted by molar-refractivity contribution is 0.477. The standard InChI is InChI=1S/C51H35N5O3/c1-32-29-30-38-41(31-32)54(35-21-9-4-10-22-35)36-23-11-12-24-37(36)55(38)46-44-49(59-50(52-44)33-17-5-2-6-18-33)47(45-48(46)58-51(53-45)34-19-7-3-8-20-34)56-39-25-13-15-27-42(39)57-43-28-16-14-26-40(43)56/h2-30,32H,31H2,1H3. The molecule has 9 aromatic rings. The molecule has 8 nitrogen and oxygen atoms in total. The Morgan fingerprint density at radius 1 is 0.492 bits per heavy atom. The molecule has 0 radical (unpaired) electrons. The fourth-order valence-electron chi connectivity index (χ4n) is 8.74. The number of allylic oxidation sites excluding steroid dienone is 3. The van der Waals surface area contributed by atoms with Crippen LogP contribution < -0.4 is 19.4 Å². The van der Waals surface area contributed by atoms with Gasteiger partial charge in [0.2, 0.25) is 11.8 Å². The van der Waals surface area contributed by atoms with Crippen LogP contribution in [0.2, 0.25) is 0 Å². The van der Waals surface area contributed by atoms with Crippen LogP contribution in [0.15, 0.2) is 196 Å². The molecule has 0 saturated carbocycles. The van der Waals surface area contributed by atoms with Crippen molar-refractivity contribution in [3.8, 4) is 34.4 Å². The van der Waals surface area contributed by atoms with E-state index in [1.54, 1.807) is 0 Å². The largest absolute Gasteiger partial charge is 0.453 e. The van der Waals surface area contributed by atoms with Gasteiger partial charge in [-0.3, -0.25) is 4.90 Å². The quantitative estimate of drug-likeness (QED) is 0.172. The number of nitrogens with zero attached hydrogens (tertiary/aromatic N) is 5. The molecule has 59 heavy (non-hydrogen) atoms. The van der Waals surface area contributed by atoms with E-state index in [0.29, 0.717) is 57.1 Å². The second kappa shape index (κ2) is 13.1. The zero-order chi connectivity index (χ0) is 39.0. The third kappa shape index (κ3) is 5.16. The second-order valence-electron chi connectivity index (χ2n) is 15.1. The van der Waals surface area contributed by atoms with Crippen molar-refractivity contribution in [3.05, 3.63) is 187 Å². The minimum absolute atomic E-state index is 0.322. The Morgan fingerprint density at radius 2 is 0.949 bits per heavy atom. The SMILES string of the molecule is CC1C=CC2=C(C1)N(c1ccccc1)c1ccccc1N2c1c2nc(-c3ccccc3)oc2c(N2c3ccccc3Oc3ccccc32)c2nc(-c3ccccc3)oc12. The van der Waals surface area contributed by atoms with Crippen molar-refractivity contribution in [1.29, 1.82) is 0 Å². The fraction of sp³-hybridized carbons (Fsp3) is 0.0588. The number of hydrogen-bond donors (Lipinski definition) is 0. The van der Waals surface area contributed by atoms with Gasteiger partial charge < -0.3 is 23.4 Å². The number of hydrogen-bond acceptors (Lipinski definition) is 8. The highest BCUT2D eigenvalue weighted by atomic mass is 16.5. The van der Waals surface area contributed by atoms with E-state index >= 15 is 0 Å². The monoisotopic (exact) mass is 765 g/mol. The molecule has 0 bridgehead atoms. The normalized spacial score (nSPS) is 15.5. The Hall–Kier alpha value is -7.84. The van der Waals surface area contributed by atoms with Gasteiger partial charge in [0.25, 0.3) is 0 Å². The summed E-state index contributed by atoms with van der Waals surface area (Å²) < 4.78 is 20.8. The topological polar surface area (TPSA) is 71.0 Å². The third-order valence-electron chi connectivity index (χ3n) is 11.3. The highest BCUT2D eigenvalue weighted by Crippen LogP contribution is 2.58. The molecule has 2 aliphatic heterocycles. The van der Waals surface area contributed by atoms with Crippen LogP contribution in [0.3, 0.4) is 0 Å². The van der Waals surface area contributed by atoms with Gasteiger partial charge in [-0.2, -0.15) is 0 Å². The van der Waals surface area contributed by atoms with E-state index in [-0.39, 0.29) is 0 Å². The number of benzene rings is 7. The summed E-state index contributed by atoms with van der Waals surface area (Å²) >= 11 is 0. The highest BCUT2D eigenvalue weighted by molar-refractivity contribution is 6.19. The van der Waals surface area contributed by atoms with Crippen LogP contribution in [-0.2, 0) is 0 Å². The fourth-order valence-corrected chi connectivity index (χ4v) is 8.74. The average Bonchev–Trinajstić information content (AvgIpc) is 3.94. The van der Waals surface area contributed by atoms with Gasteiger partial charge in [-0.05, 0) is 91.2 Å². The molecule has 282 valence electrons. The zero-order valence-corrected chi connectivity index (χ0v) is 32.0. The van der Waals surface area contributed by atoms with Crippen LogP contribution in [0, 0.1) is 5.92 Å². The van der Waals surface area contributed by atoms with Crippen LogP contribution in [-0.4, -0.2) is 9.97 Å². The molecule has 0 amide bonds. The van der Waals surface area contributed by atoms with Gasteiger partial charge >= 0.3 is 0 Å². The maximum Gasteiger partial charge on any atom is 0.227 e. The Balaban J connectivity index is 1.24. The molecule has 0 N–H and O–H groups in total. The molecule has 4 heterocycles. The molecule has 7 aromatic carbocycles. The number of fused-ring (bicyclic) bond motifs is 5. The Labute approximate surface area is 340 Å². The van der Waals surface area contributed by atoms with E-state index in [4.69, 9.17) is 23.5 Å². The third-order valence-corrected chi connectivity index (χ3v) is 11.3. The summed E-state index contributed by atoms with van der Waals surface area (Å²) in [4.78, 5) is 17.8. The first kappa shape index (κ1) is 33.3. The molecule has 1 aliphatic carbocycles. The van der Waals surface area contributed by atoms with Crippen molar-refractivity contribution in [1.82, 2.24) is 9.97 Å². The average molecular weight is 766 g/mol. The van der Waals surface area contributed by atoms with Crippen molar-refractivity contribution < 1.29 is 13.6 Å². The van der Waals surface area contributed by atoms with Gasteiger partial charge in [0.05, 0.1) is 28.4 Å². The molecule has 1 unspecified atom stereocenters. The lowest BCUT2D eigenvalue weighted by Crippen LogP contribution is -2.33. The molecule has 2 aromatic heterocycles. The van der Waals surface area contributed by atoms with Crippen LogP contribution in [0.1, 0.15) is 13.3 Å². The van der Waals surface area contributed by atoms with Crippen molar-refractivity contribution in [2.24, 2.45) is 5.92 Å². The first-order valence-electron chi connectivity index (χ1n) is 19.9. The van der Waals surface area contributed by atoms with Gasteiger partial charge in [-0.25, -0.2) is 9.97 Å². The van der Waals surface area contributed by atoms with Crippen molar-refractivity contribution in [2.75, 3.05) is 14.7 Å². The number of anilines is 7. The summed E-state index contributed by atoms with van der Waals surface area (Å²) in [6.07, 6.45) is 5.38. The minimum atomic E-state index is 0.322. The molecule has 0 spiro atoms. The van der Waals surface area contributed by atoms with Crippen LogP contribution >= 0.6 is 0 Å². The van der Waals surface area contributed by atoms with Gasteiger partial charge in [-0.1, -0.05) is 104 Å². The number of rotatable bonds is 5. The minimum Gasteiger partial charge on any atom is -0.453 e. The van der Waals surface area contributed by atoms with E-state index in [1.165, 1.54) is 5.70 Å². The van der Waals surface area contributed by atoms with Gasteiger partial charge in [-0.15, -0.1) is 0 Å². The smallest absolute Gasteiger partial charge is 0.227 e. The van der Waals surface area contributed by atoms with E-state index < -0.39 is 0 Å². The summed E-state index contributed by atoms with van der Waals surface area (Å²) in [6, 6.07) is 55.4. The Kier molecular flexibility index (Phi) is 7.40. The molecule has 0 fully saturated rings. The number of para-hydroxylation sites is 7. The van der Waals surface area contributed by atoms with Gasteiger partial charge in [0.1, 0.15) is 22.4 Å². The summed E-state index contributed by atoms with van der Waals surface area (Å²) in [5.41, 5.74) is 12.7. The summed E-state index contributed by atoms with van der Waals surface area (Å²) in [5.74, 6) is 2.74. The van der Waals surface area contributed by atoms with Crippen LogP contribution in [0.5, 0.6) is 11.5 Å². The first-order valence-corrected chi connectivity index (χ1v) is 19.9. The summed E-state index contributed by atoms with van der Waals surface area (Å²) in [5, 5.41) is 0. The lowest BCUT2D eigenvalue weighted by Gasteiger charge is -2.43. The van der Waals surface area contributed by atoms with Crippen molar-refractivity contribution in [3.63, 3.8) is 0 Å². The zero-order valence-electron chi connectivity index (χ0n) is 32.0. The number of aromatic nitrogens is 2. The molecule has 3 aliphatic rings.